The van der Waals surface area contributed by atoms with Crippen molar-refractivity contribution in [2.45, 2.75) is 6.92 Å². The molecule has 1 N–H and O–H groups in total. The molecule has 22 heavy (non-hydrogen) atoms. The Kier molecular flexibility index (Phi) is 3.47. The first kappa shape index (κ1) is 14.0. The van der Waals surface area contributed by atoms with Gasteiger partial charge in [0.1, 0.15) is 5.82 Å². The highest BCUT2D eigenvalue weighted by molar-refractivity contribution is 5.88. The van der Waals surface area contributed by atoms with Crippen LogP contribution in [-0.2, 0) is 0 Å². The average Bonchev–Trinajstić information content (AvgIpc) is 2.97. The molecule has 1 aromatic heterocycles. The Balaban J connectivity index is 1.95. The van der Waals surface area contributed by atoms with Gasteiger partial charge in [0.25, 0.3) is 0 Å². The maximum Gasteiger partial charge on any atom is 0.335 e. The van der Waals surface area contributed by atoms with Crippen LogP contribution >= 0.6 is 0 Å². The number of oxazole rings is 1. The van der Waals surface area contributed by atoms with E-state index in [1.807, 2.05) is 6.92 Å². The van der Waals surface area contributed by atoms with Crippen molar-refractivity contribution in [1.29, 1.82) is 0 Å². The summed E-state index contributed by atoms with van der Waals surface area (Å²) < 4.78 is 19.5. The molecular weight excluding hydrogens is 285 g/mol. The highest BCUT2D eigenvalue weighted by Gasteiger charge is 2.13. The van der Waals surface area contributed by atoms with Crippen LogP contribution in [0.4, 0.5) is 4.39 Å². The number of aromatic nitrogens is 1. The van der Waals surface area contributed by atoms with E-state index in [4.69, 9.17) is 9.52 Å². The van der Waals surface area contributed by atoms with Gasteiger partial charge in [-0.25, -0.2) is 14.2 Å². The highest BCUT2D eigenvalue weighted by Crippen LogP contribution is 2.28. The number of halogens is 1. The zero-order valence-corrected chi connectivity index (χ0v) is 11.7. The minimum Gasteiger partial charge on any atom is -0.478 e. The molecule has 0 atom stereocenters. The van der Waals surface area contributed by atoms with Crippen LogP contribution in [0.5, 0.6) is 0 Å². The van der Waals surface area contributed by atoms with Crippen molar-refractivity contribution < 1.29 is 18.7 Å². The molecule has 0 unspecified atom stereocenters. The fourth-order valence-electron chi connectivity index (χ4n) is 2.11. The molecule has 0 spiro atoms. The fraction of sp³-hybridized carbons (Fsp3) is 0.0588. The third kappa shape index (κ3) is 2.61. The van der Waals surface area contributed by atoms with Crippen LogP contribution in [0.15, 0.2) is 53.1 Å². The van der Waals surface area contributed by atoms with Crippen molar-refractivity contribution in [3.8, 4) is 22.8 Å². The number of carboxylic acids is 1. The number of aromatic carboxylic acids is 1. The summed E-state index contributed by atoms with van der Waals surface area (Å²) in [5.74, 6) is -0.730. The third-order valence-corrected chi connectivity index (χ3v) is 3.27. The molecule has 3 rings (SSSR count). The van der Waals surface area contributed by atoms with Crippen LogP contribution in [-0.4, -0.2) is 16.1 Å². The van der Waals surface area contributed by atoms with Gasteiger partial charge in [0.2, 0.25) is 5.89 Å². The molecule has 0 amide bonds. The van der Waals surface area contributed by atoms with Gasteiger partial charge in [0, 0.05) is 5.56 Å². The molecule has 110 valence electrons. The van der Waals surface area contributed by atoms with Crippen LogP contribution in [0.1, 0.15) is 15.9 Å². The van der Waals surface area contributed by atoms with Gasteiger partial charge in [-0.05, 0) is 48.9 Å². The molecule has 0 radical (unpaired) electrons. The van der Waals surface area contributed by atoms with Gasteiger partial charge >= 0.3 is 5.97 Å². The smallest absolute Gasteiger partial charge is 0.335 e. The normalized spacial score (nSPS) is 10.6. The molecule has 1 heterocycles. The first-order chi connectivity index (χ1) is 10.5. The maximum absolute atomic E-state index is 13.9. The molecule has 0 saturated carbocycles. The lowest BCUT2D eigenvalue weighted by atomic mass is 10.1. The van der Waals surface area contributed by atoms with Crippen LogP contribution in [0.2, 0.25) is 0 Å². The van der Waals surface area contributed by atoms with E-state index >= 15 is 0 Å². The van der Waals surface area contributed by atoms with Crippen LogP contribution in [0.25, 0.3) is 22.8 Å². The molecular formula is C17H12FNO3. The third-order valence-electron chi connectivity index (χ3n) is 3.27. The molecule has 0 bridgehead atoms. The lowest BCUT2D eigenvalue weighted by Gasteiger charge is -2.00. The summed E-state index contributed by atoms with van der Waals surface area (Å²) in [5.41, 5.74) is 1.97. The van der Waals surface area contributed by atoms with Crippen molar-refractivity contribution in [2.75, 3.05) is 0 Å². The zero-order chi connectivity index (χ0) is 15.7. The summed E-state index contributed by atoms with van der Waals surface area (Å²) in [6.07, 6.45) is 1.45. The minimum atomic E-state index is -0.999. The van der Waals surface area contributed by atoms with Gasteiger partial charge in [-0.1, -0.05) is 6.07 Å². The van der Waals surface area contributed by atoms with E-state index < -0.39 is 5.97 Å². The number of rotatable bonds is 3. The molecule has 4 nitrogen and oxygen atoms in total. The first-order valence-corrected chi connectivity index (χ1v) is 6.60. The Morgan fingerprint density at radius 2 is 1.91 bits per heavy atom. The zero-order valence-electron chi connectivity index (χ0n) is 11.7. The standard InChI is InChI=1S/C17H12FNO3/c1-10-2-7-13(14(18)8-10)15-9-19-16(22-15)11-3-5-12(6-4-11)17(20)21/h2-9H,1H3,(H,20,21). The van der Waals surface area contributed by atoms with Gasteiger partial charge in [0.15, 0.2) is 5.76 Å². The molecule has 0 aliphatic rings. The summed E-state index contributed by atoms with van der Waals surface area (Å²) in [5, 5.41) is 8.87. The van der Waals surface area contributed by atoms with Crippen molar-refractivity contribution in [2.24, 2.45) is 0 Å². The van der Waals surface area contributed by atoms with Crippen molar-refractivity contribution in [3.05, 3.63) is 65.6 Å². The quantitative estimate of drug-likeness (QED) is 0.788. The molecule has 0 aliphatic carbocycles. The number of hydrogen-bond acceptors (Lipinski definition) is 3. The molecule has 0 fully saturated rings. The van der Waals surface area contributed by atoms with Gasteiger partial charge in [-0.2, -0.15) is 0 Å². The van der Waals surface area contributed by atoms with Gasteiger partial charge in [-0.3, -0.25) is 0 Å². The van der Waals surface area contributed by atoms with Crippen LogP contribution in [0, 0.1) is 12.7 Å². The van der Waals surface area contributed by atoms with E-state index in [0.717, 1.165) is 5.56 Å². The molecule has 3 aromatic rings. The van der Waals surface area contributed by atoms with E-state index in [9.17, 15) is 9.18 Å². The predicted octanol–water partition coefficient (Wildman–Crippen LogP) is 4.15. The molecule has 5 heteroatoms. The average molecular weight is 297 g/mol. The summed E-state index contributed by atoms with van der Waals surface area (Å²) in [6, 6.07) is 11.0. The second kappa shape index (κ2) is 5.44. The summed E-state index contributed by atoms with van der Waals surface area (Å²) in [7, 11) is 0. The predicted molar refractivity (Wildman–Crippen MR) is 79.0 cm³/mol. The second-order valence-electron chi connectivity index (χ2n) is 4.90. The lowest BCUT2D eigenvalue weighted by molar-refractivity contribution is 0.0697. The summed E-state index contributed by atoms with van der Waals surface area (Å²) in [6.45, 7) is 1.81. The Labute approximate surface area is 125 Å². The van der Waals surface area contributed by atoms with E-state index in [1.54, 1.807) is 24.3 Å². The molecule has 2 aromatic carbocycles. The Bertz CT molecular complexity index is 837. The van der Waals surface area contributed by atoms with Crippen molar-refractivity contribution in [1.82, 2.24) is 4.98 Å². The number of nitrogens with zero attached hydrogens (tertiary/aromatic N) is 1. The Morgan fingerprint density at radius 1 is 1.18 bits per heavy atom. The fourth-order valence-corrected chi connectivity index (χ4v) is 2.11. The first-order valence-electron chi connectivity index (χ1n) is 6.60. The molecule has 0 saturated heterocycles. The largest absolute Gasteiger partial charge is 0.478 e. The van der Waals surface area contributed by atoms with E-state index in [0.29, 0.717) is 22.8 Å². The van der Waals surface area contributed by atoms with Gasteiger partial charge in [0.05, 0.1) is 17.3 Å². The Hall–Kier alpha value is -2.95. The highest BCUT2D eigenvalue weighted by atomic mass is 19.1. The summed E-state index contributed by atoms with van der Waals surface area (Å²) >= 11 is 0. The van der Waals surface area contributed by atoms with E-state index in [1.165, 1.54) is 24.4 Å². The minimum absolute atomic E-state index is 0.181. The molecule has 0 aliphatic heterocycles. The van der Waals surface area contributed by atoms with Gasteiger partial charge in [-0.15, -0.1) is 0 Å². The maximum atomic E-state index is 13.9. The monoisotopic (exact) mass is 297 g/mol. The second-order valence-corrected chi connectivity index (χ2v) is 4.90. The number of hydrogen-bond donors (Lipinski definition) is 1. The van der Waals surface area contributed by atoms with Crippen LogP contribution < -0.4 is 0 Å². The Morgan fingerprint density at radius 3 is 2.55 bits per heavy atom. The van der Waals surface area contributed by atoms with Gasteiger partial charge < -0.3 is 9.52 Å². The SMILES string of the molecule is Cc1ccc(-c2cnc(-c3ccc(C(=O)O)cc3)o2)c(F)c1. The lowest BCUT2D eigenvalue weighted by Crippen LogP contribution is -1.94. The van der Waals surface area contributed by atoms with Crippen molar-refractivity contribution in [3.63, 3.8) is 0 Å². The van der Waals surface area contributed by atoms with Crippen molar-refractivity contribution >= 4 is 5.97 Å². The van der Waals surface area contributed by atoms with E-state index in [-0.39, 0.29) is 11.4 Å². The van der Waals surface area contributed by atoms with Crippen LogP contribution in [0.3, 0.4) is 0 Å². The number of carboxylic acid groups (broad SMARTS) is 1. The number of benzene rings is 2. The number of aryl methyl sites for hydroxylation is 1. The summed E-state index contributed by atoms with van der Waals surface area (Å²) in [4.78, 5) is 14.9. The number of carbonyl (C=O) groups is 1. The topological polar surface area (TPSA) is 63.3 Å². The van der Waals surface area contributed by atoms with E-state index in [2.05, 4.69) is 4.98 Å².